The van der Waals surface area contributed by atoms with E-state index in [1.165, 1.54) is 0 Å². The number of fused-ring (bicyclic) bond motifs is 2. The van der Waals surface area contributed by atoms with Crippen molar-refractivity contribution in [2.75, 3.05) is 23.3 Å². The topological polar surface area (TPSA) is 76.5 Å². The highest BCUT2D eigenvalue weighted by atomic mass is 16.5. The summed E-state index contributed by atoms with van der Waals surface area (Å²) < 4.78 is 11.2. The van der Waals surface area contributed by atoms with Gasteiger partial charge in [-0.1, -0.05) is 6.07 Å². The standard InChI is InChI=1S/C16H12N6O2/c1-2-11(21-9-23-15-13(21)17-4-6-19-15)8-12(3-1)22-10-24-16-14(22)18-5-7-20-16/h1-8H,9-10H2. The zero-order valence-corrected chi connectivity index (χ0v) is 12.5. The number of hydrogen-bond donors (Lipinski definition) is 0. The quantitative estimate of drug-likeness (QED) is 0.711. The summed E-state index contributed by atoms with van der Waals surface area (Å²) in [5, 5.41) is 0. The van der Waals surface area contributed by atoms with Crippen molar-refractivity contribution < 1.29 is 9.47 Å². The molecule has 0 spiro atoms. The Morgan fingerprint density at radius 2 is 1.21 bits per heavy atom. The van der Waals surface area contributed by atoms with Crippen LogP contribution in [0.4, 0.5) is 23.0 Å². The third-order valence-electron chi connectivity index (χ3n) is 3.92. The van der Waals surface area contributed by atoms with Gasteiger partial charge in [-0.3, -0.25) is 9.80 Å². The molecular formula is C16H12N6O2. The summed E-state index contributed by atoms with van der Waals surface area (Å²) in [6.07, 6.45) is 6.56. The van der Waals surface area contributed by atoms with Crippen LogP contribution in [-0.4, -0.2) is 33.4 Å². The van der Waals surface area contributed by atoms with Gasteiger partial charge in [0.2, 0.25) is 0 Å². The predicted molar refractivity (Wildman–Crippen MR) is 85.8 cm³/mol. The van der Waals surface area contributed by atoms with Crippen LogP contribution in [0.3, 0.4) is 0 Å². The minimum Gasteiger partial charge on any atom is -0.453 e. The summed E-state index contributed by atoms with van der Waals surface area (Å²) in [5.41, 5.74) is 1.92. The minimum atomic E-state index is 0.385. The number of ether oxygens (including phenoxy) is 2. The largest absolute Gasteiger partial charge is 0.453 e. The molecule has 2 aliphatic heterocycles. The van der Waals surface area contributed by atoms with Gasteiger partial charge in [0.1, 0.15) is 0 Å². The molecule has 0 fully saturated rings. The second-order valence-electron chi connectivity index (χ2n) is 5.29. The lowest BCUT2D eigenvalue weighted by atomic mass is 10.2. The Kier molecular flexibility index (Phi) is 2.75. The van der Waals surface area contributed by atoms with E-state index in [1.807, 2.05) is 34.1 Å². The summed E-state index contributed by atoms with van der Waals surface area (Å²) >= 11 is 0. The van der Waals surface area contributed by atoms with Crippen LogP contribution < -0.4 is 19.3 Å². The Morgan fingerprint density at radius 1 is 0.708 bits per heavy atom. The molecule has 8 heteroatoms. The van der Waals surface area contributed by atoms with Gasteiger partial charge >= 0.3 is 0 Å². The fourth-order valence-electron chi connectivity index (χ4n) is 2.81. The van der Waals surface area contributed by atoms with Crippen molar-refractivity contribution >= 4 is 23.0 Å². The molecule has 0 N–H and O–H groups in total. The molecule has 0 amide bonds. The van der Waals surface area contributed by atoms with Gasteiger partial charge in [0.25, 0.3) is 11.8 Å². The van der Waals surface area contributed by atoms with Crippen LogP contribution in [0.2, 0.25) is 0 Å². The van der Waals surface area contributed by atoms with Crippen LogP contribution in [0, 0.1) is 0 Å². The fourth-order valence-corrected chi connectivity index (χ4v) is 2.81. The zero-order chi connectivity index (χ0) is 15.9. The van der Waals surface area contributed by atoms with E-state index in [2.05, 4.69) is 19.9 Å². The van der Waals surface area contributed by atoms with Crippen LogP contribution in [-0.2, 0) is 0 Å². The maximum Gasteiger partial charge on any atom is 0.259 e. The molecule has 0 radical (unpaired) electrons. The summed E-state index contributed by atoms with van der Waals surface area (Å²) in [6.45, 7) is 0.769. The smallest absolute Gasteiger partial charge is 0.259 e. The lowest BCUT2D eigenvalue weighted by Crippen LogP contribution is -2.19. The number of nitrogens with zero attached hydrogens (tertiary/aromatic N) is 6. The van der Waals surface area contributed by atoms with Crippen molar-refractivity contribution in [1.29, 1.82) is 0 Å². The van der Waals surface area contributed by atoms with Crippen LogP contribution >= 0.6 is 0 Å². The Bertz CT molecular complexity index is 848. The van der Waals surface area contributed by atoms with E-state index in [0.717, 1.165) is 11.4 Å². The first kappa shape index (κ1) is 13.1. The average molecular weight is 320 g/mol. The molecule has 0 unspecified atom stereocenters. The van der Waals surface area contributed by atoms with E-state index in [9.17, 15) is 0 Å². The summed E-state index contributed by atoms with van der Waals surface area (Å²) in [7, 11) is 0. The minimum absolute atomic E-state index is 0.385. The lowest BCUT2D eigenvalue weighted by molar-refractivity contribution is 0.345. The van der Waals surface area contributed by atoms with Crippen molar-refractivity contribution in [3.8, 4) is 11.8 Å². The molecule has 0 aliphatic carbocycles. The number of rotatable bonds is 2. The summed E-state index contributed by atoms with van der Waals surface area (Å²) in [4.78, 5) is 21.0. The first-order valence-electron chi connectivity index (χ1n) is 7.43. The van der Waals surface area contributed by atoms with E-state index < -0.39 is 0 Å². The number of anilines is 4. The fraction of sp³-hybridized carbons (Fsp3) is 0.125. The van der Waals surface area contributed by atoms with Crippen LogP contribution in [0.1, 0.15) is 0 Å². The van der Waals surface area contributed by atoms with Gasteiger partial charge < -0.3 is 9.47 Å². The lowest BCUT2D eigenvalue weighted by Gasteiger charge is -2.20. The van der Waals surface area contributed by atoms with E-state index in [4.69, 9.17) is 9.47 Å². The molecule has 0 bridgehead atoms. The second kappa shape index (κ2) is 5.05. The zero-order valence-electron chi connectivity index (χ0n) is 12.5. The highest BCUT2D eigenvalue weighted by molar-refractivity contribution is 5.73. The molecule has 0 atom stereocenters. The van der Waals surface area contributed by atoms with Gasteiger partial charge in [-0.05, 0) is 18.2 Å². The monoisotopic (exact) mass is 320 g/mol. The molecule has 24 heavy (non-hydrogen) atoms. The van der Waals surface area contributed by atoms with Crippen molar-refractivity contribution in [2.24, 2.45) is 0 Å². The first-order valence-corrected chi connectivity index (χ1v) is 7.43. The van der Waals surface area contributed by atoms with Gasteiger partial charge in [0.05, 0.1) is 0 Å². The number of aromatic nitrogens is 4. The van der Waals surface area contributed by atoms with Gasteiger partial charge in [-0.15, -0.1) is 0 Å². The second-order valence-corrected chi connectivity index (χ2v) is 5.29. The van der Waals surface area contributed by atoms with Gasteiger partial charge in [0.15, 0.2) is 25.1 Å². The molecule has 1 aromatic carbocycles. The van der Waals surface area contributed by atoms with Crippen LogP contribution in [0.15, 0.2) is 49.1 Å². The van der Waals surface area contributed by atoms with Crippen LogP contribution in [0.25, 0.3) is 0 Å². The maximum atomic E-state index is 5.58. The molecule has 118 valence electrons. The average Bonchev–Trinajstić information content (AvgIpc) is 3.26. The first-order chi connectivity index (χ1) is 11.9. The molecular weight excluding hydrogens is 308 g/mol. The predicted octanol–water partition coefficient (Wildman–Crippen LogP) is 2.24. The van der Waals surface area contributed by atoms with E-state index in [0.29, 0.717) is 36.9 Å². The Hall–Kier alpha value is -3.42. The summed E-state index contributed by atoms with van der Waals surface area (Å²) in [6, 6.07) is 8.03. The molecule has 0 saturated carbocycles. The number of benzene rings is 1. The molecule has 2 aliphatic rings. The van der Waals surface area contributed by atoms with Crippen molar-refractivity contribution in [1.82, 2.24) is 19.9 Å². The maximum absolute atomic E-state index is 5.58. The van der Waals surface area contributed by atoms with E-state index in [-0.39, 0.29) is 0 Å². The summed E-state index contributed by atoms with van der Waals surface area (Å²) in [5.74, 6) is 2.52. The van der Waals surface area contributed by atoms with Gasteiger partial charge in [0, 0.05) is 36.2 Å². The third kappa shape index (κ3) is 1.93. The van der Waals surface area contributed by atoms with E-state index in [1.54, 1.807) is 24.8 Å². The highest BCUT2D eigenvalue weighted by Crippen LogP contribution is 2.39. The molecule has 3 aromatic rings. The highest BCUT2D eigenvalue weighted by Gasteiger charge is 2.27. The van der Waals surface area contributed by atoms with Gasteiger partial charge in [-0.25, -0.2) is 19.9 Å². The Balaban J connectivity index is 1.52. The molecule has 4 heterocycles. The van der Waals surface area contributed by atoms with Crippen molar-refractivity contribution in [3.63, 3.8) is 0 Å². The molecule has 8 nitrogen and oxygen atoms in total. The number of hydrogen-bond acceptors (Lipinski definition) is 8. The van der Waals surface area contributed by atoms with E-state index >= 15 is 0 Å². The SMILES string of the molecule is c1cc(N2COc3nccnc32)cc(N2COc3nccnc32)c1. The van der Waals surface area contributed by atoms with Gasteiger partial charge in [-0.2, -0.15) is 0 Å². The molecule has 2 aromatic heterocycles. The van der Waals surface area contributed by atoms with Crippen LogP contribution in [0.5, 0.6) is 11.8 Å². The molecule has 0 saturated heterocycles. The van der Waals surface area contributed by atoms with Crippen molar-refractivity contribution in [3.05, 3.63) is 49.1 Å². The molecule has 5 rings (SSSR count). The Labute approximate surface area is 137 Å². The third-order valence-corrected chi connectivity index (χ3v) is 3.92. The normalized spacial score (nSPS) is 14.8. The Morgan fingerprint density at radius 3 is 1.75 bits per heavy atom. The van der Waals surface area contributed by atoms with Crippen molar-refractivity contribution in [2.45, 2.75) is 0 Å².